The van der Waals surface area contributed by atoms with Crippen molar-refractivity contribution >= 4 is 27.5 Å². The third-order valence-electron chi connectivity index (χ3n) is 3.75. The van der Waals surface area contributed by atoms with E-state index in [0.29, 0.717) is 16.8 Å². The van der Waals surface area contributed by atoms with E-state index >= 15 is 0 Å². The monoisotopic (exact) mass is 351 g/mol. The van der Waals surface area contributed by atoms with Crippen LogP contribution in [-0.4, -0.2) is 21.1 Å². The van der Waals surface area contributed by atoms with Gasteiger partial charge in [0.25, 0.3) is 5.56 Å². The van der Waals surface area contributed by atoms with E-state index in [-0.39, 0.29) is 24.1 Å². The number of amides is 1. The van der Waals surface area contributed by atoms with Crippen LogP contribution in [0.25, 0.3) is 10.2 Å². The summed E-state index contributed by atoms with van der Waals surface area (Å²) >= 11 is 1.45. The summed E-state index contributed by atoms with van der Waals surface area (Å²) in [6.07, 6.45) is 2.95. The standard InChI is InChI=1S/C17H25N3O3S/c1-5-6-7-8-19-16-13(9-12(4)24-16)15(22)20(17(19)23)10-14(21)18-11(2)3/h9,11H,5-8,10H2,1-4H3,(H,18,21). The molecule has 0 bridgehead atoms. The van der Waals surface area contributed by atoms with Gasteiger partial charge in [0.1, 0.15) is 11.4 Å². The fraction of sp³-hybridized carbons (Fsp3) is 0.588. The van der Waals surface area contributed by atoms with Crippen LogP contribution in [0.3, 0.4) is 0 Å². The van der Waals surface area contributed by atoms with Crippen LogP contribution in [0.1, 0.15) is 44.9 Å². The predicted octanol–water partition coefficient (Wildman–Crippen LogP) is 2.25. The highest BCUT2D eigenvalue weighted by molar-refractivity contribution is 7.18. The third kappa shape index (κ3) is 3.95. The van der Waals surface area contributed by atoms with Gasteiger partial charge in [-0.1, -0.05) is 19.8 Å². The van der Waals surface area contributed by atoms with E-state index in [9.17, 15) is 14.4 Å². The van der Waals surface area contributed by atoms with Gasteiger partial charge in [-0.05, 0) is 33.3 Å². The minimum absolute atomic E-state index is 0.0351. The van der Waals surface area contributed by atoms with Crippen molar-refractivity contribution in [3.8, 4) is 0 Å². The van der Waals surface area contributed by atoms with Gasteiger partial charge < -0.3 is 5.32 Å². The van der Waals surface area contributed by atoms with Crippen LogP contribution in [0.5, 0.6) is 0 Å². The quantitative estimate of drug-likeness (QED) is 0.778. The molecule has 1 amide bonds. The molecule has 0 aliphatic heterocycles. The number of fused-ring (bicyclic) bond motifs is 1. The fourth-order valence-electron chi connectivity index (χ4n) is 2.69. The van der Waals surface area contributed by atoms with Gasteiger partial charge >= 0.3 is 5.69 Å². The molecule has 6 nitrogen and oxygen atoms in total. The SMILES string of the molecule is CCCCCn1c(=O)n(CC(=O)NC(C)C)c(=O)c2cc(C)sc21. The zero-order chi connectivity index (χ0) is 17.9. The number of aryl methyl sites for hydroxylation is 2. The van der Waals surface area contributed by atoms with E-state index in [1.54, 1.807) is 10.6 Å². The van der Waals surface area contributed by atoms with Gasteiger partial charge in [-0.2, -0.15) is 0 Å². The first-order chi connectivity index (χ1) is 11.3. The molecule has 0 saturated carbocycles. The molecule has 7 heteroatoms. The highest BCUT2D eigenvalue weighted by atomic mass is 32.1. The zero-order valence-corrected chi connectivity index (χ0v) is 15.5. The topological polar surface area (TPSA) is 73.1 Å². The van der Waals surface area contributed by atoms with Crippen molar-refractivity contribution in [1.29, 1.82) is 0 Å². The number of unbranched alkanes of at least 4 members (excludes halogenated alkanes) is 2. The summed E-state index contributed by atoms with van der Waals surface area (Å²) in [5.41, 5.74) is -0.783. The molecule has 0 unspecified atom stereocenters. The van der Waals surface area contributed by atoms with Crippen LogP contribution in [0.15, 0.2) is 15.7 Å². The molecule has 132 valence electrons. The summed E-state index contributed by atoms with van der Waals surface area (Å²) in [6.45, 7) is 8.03. The summed E-state index contributed by atoms with van der Waals surface area (Å²) in [5, 5.41) is 3.25. The van der Waals surface area contributed by atoms with Gasteiger partial charge in [0.2, 0.25) is 5.91 Å². The number of hydrogen-bond donors (Lipinski definition) is 1. The summed E-state index contributed by atoms with van der Waals surface area (Å²) in [5.74, 6) is -0.324. The van der Waals surface area contributed by atoms with Crippen molar-refractivity contribution in [2.24, 2.45) is 0 Å². The second-order valence-corrected chi connectivity index (χ2v) is 7.57. The van der Waals surface area contributed by atoms with Gasteiger partial charge in [-0.15, -0.1) is 11.3 Å². The van der Waals surface area contributed by atoms with Gasteiger partial charge in [-0.3, -0.25) is 18.7 Å². The minimum atomic E-state index is -0.399. The number of nitrogens with zero attached hydrogens (tertiary/aromatic N) is 2. The van der Waals surface area contributed by atoms with Crippen molar-refractivity contribution in [2.75, 3.05) is 0 Å². The summed E-state index contributed by atoms with van der Waals surface area (Å²) in [4.78, 5) is 39.1. The highest BCUT2D eigenvalue weighted by Gasteiger charge is 2.17. The lowest BCUT2D eigenvalue weighted by Gasteiger charge is -2.13. The molecule has 2 aromatic heterocycles. The van der Waals surface area contributed by atoms with E-state index in [0.717, 1.165) is 28.7 Å². The summed E-state index contributed by atoms with van der Waals surface area (Å²) < 4.78 is 2.70. The second-order valence-electron chi connectivity index (χ2n) is 6.33. The number of carbonyl (C=O) groups is 1. The maximum Gasteiger partial charge on any atom is 0.332 e. The number of aromatic nitrogens is 2. The number of nitrogens with one attached hydrogen (secondary N) is 1. The molecule has 0 spiro atoms. The first kappa shape index (κ1) is 18.4. The molecule has 0 atom stereocenters. The first-order valence-corrected chi connectivity index (χ1v) is 9.20. The van der Waals surface area contributed by atoms with E-state index < -0.39 is 5.69 Å². The Hall–Kier alpha value is -1.89. The molecule has 0 saturated heterocycles. The van der Waals surface area contributed by atoms with Crippen molar-refractivity contribution in [3.63, 3.8) is 0 Å². The van der Waals surface area contributed by atoms with Crippen molar-refractivity contribution in [3.05, 3.63) is 31.8 Å². The average Bonchev–Trinajstić information content (AvgIpc) is 2.88. The molecule has 0 radical (unpaired) electrons. The van der Waals surface area contributed by atoms with Gasteiger partial charge in [0.05, 0.1) is 5.39 Å². The zero-order valence-electron chi connectivity index (χ0n) is 14.7. The molecule has 0 aliphatic carbocycles. The Kier molecular flexibility index (Phi) is 5.99. The Bertz CT molecular complexity index is 845. The van der Waals surface area contributed by atoms with Gasteiger partial charge in [0, 0.05) is 17.5 Å². The lowest BCUT2D eigenvalue weighted by molar-refractivity contribution is -0.122. The van der Waals surface area contributed by atoms with E-state index in [2.05, 4.69) is 12.2 Å². The van der Waals surface area contributed by atoms with E-state index in [1.165, 1.54) is 11.3 Å². The maximum absolute atomic E-state index is 12.8. The number of thiophene rings is 1. The van der Waals surface area contributed by atoms with Crippen molar-refractivity contribution in [2.45, 2.75) is 66.1 Å². The minimum Gasteiger partial charge on any atom is -0.352 e. The molecule has 0 aliphatic rings. The summed E-state index contributed by atoms with van der Waals surface area (Å²) in [6, 6.07) is 1.77. The second kappa shape index (κ2) is 7.79. The van der Waals surface area contributed by atoms with Crippen molar-refractivity contribution in [1.82, 2.24) is 14.5 Å². The fourth-order valence-corrected chi connectivity index (χ4v) is 3.71. The number of carbonyl (C=O) groups excluding carboxylic acids is 1. The van der Waals surface area contributed by atoms with Crippen LogP contribution in [-0.2, 0) is 17.9 Å². The van der Waals surface area contributed by atoms with E-state index in [1.807, 2.05) is 20.8 Å². The predicted molar refractivity (Wildman–Crippen MR) is 97.9 cm³/mol. The van der Waals surface area contributed by atoms with Crippen LogP contribution in [0.4, 0.5) is 0 Å². The Labute approximate surface area is 145 Å². The van der Waals surface area contributed by atoms with Crippen LogP contribution in [0.2, 0.25) is 0 Å². The molecular formula is C17H25N3O3S. The Morgan fingerprint density at radius 3 is 2.58 bits per heavy atom. The van der Waals surface area contributed by atoms with Crippen molar-refractivity contribution < 1.29 is 4.79 Å². The average molecular weight is 351 g/mol. The molecule has 0 aromatic carbocycles. The molecule has 1 N–H and O–H groups in total. The molecule has 2 rings (SSSR count). The molecule has 2 heterocycles. The lowest BCUT2D eigenvalue weighted by Crippen LogP contribution is -2.44. The first-order valence-electron chi connectivity index (χ1n) is 8.38. The van der Waals surface area contributed by atoms with E-state index in [4.69, 9.17) is 0 Å². The van der Waals surface area contributed by atoms with Crippen LogP contribution >= 0.6 is 11.3 Å². The largest absolute Gasteiger partial charge is 0.352 e. The number of rotatable bonds is 7. The van der Waals surface area contributed by atoms with Gasteiger partial charge in [0.15, 0.2) is 0 Å². The smallest absolute Gasteiger partial charge is 0.332 e. The molecular weight excluding hydrogens is 326 g/mol. The highest BCUT2D eigenvalue weighted by Crippen LogP contribution is 2.21. The third-order valence-corrected chi connectivity index (χ3v) is 4.83. The normalized spacial score (nSPS) is 11.4. The van der Waals surface area contributed by atoms with Crippen LogP contribution < -0.4 is 16.6 Å². The van der Waals surface area contributed by atoms with Gasteiger partial charge in [-0.25, -0.2) is 4.79 Å². The Morgan fingerprint density at radius 1 is 1.25 bits per heavy atom. The maximum atomic E-state index is 12.8. The Morgan fingerprint density at radius 2 is 1.96 bits per heavy atom. The Balaban J connectivity index is 2.52. The number of hydrogen-bond acceptors (Lipinski definition) is 4. The molecule has 0 fully saturated rings. The van der Waals surface area contributed by atoms with Crippen LogP contribution in [0, 0.1) is 6.92 Å². The summed E-state index contributed by atoms with van der Waals surface area (Å²) in [7, 11) is 0. The lowest BCUT2D eigenvalue weighted by atomic mass is 10.2. The molecule has 2 aromatic rings. The molecule has 24 heavy (non-hydrogen) atoms.